The number of carboxylic acid groups (broad SMARTS) is 2. The predicted octanol–water partition coefficient (Wildman–Crippen LogP) is 3.24. The molecule has 1 atom stereocenters. The highest BCUT2D eigenvalue weighted by Crippen LogP contribution is 2.30. The number of aliphatic carboxylic acids is 2. The van der Waals surface area contributed by atoms with Gasteiger partial charge in [0.2, 0.25) is 0 Å². The van der Waals surface area contributed by atoms with Gasteiger partial charge in [-0.3, -0.25) is 0 Å². The summed E-state index contributed by atoms with van der Waals surface area (Å²) in [6.45, 7) is 2.54. The Morgan fingerprint density at radius 3 is 2.52 bits per heavy atom. The van der Waals surface area contributed by atoms with E-state index in [0.29, 0.717) is 30.4 Å². The van der Waals surface area contributed by atoms with Crippen molar-refractivity contribution in [2.24, 2.45) is 5.92 Å². The number of nitrogens with zero attached hydrogens (tertiary/aromatic N) is 1. The molecule has 166 valence electrons. The van der Waals surface area contributed by atoms with Gasteiger partial charge in [0, 0.05) is 36.9 Å². The van der Waals surface area contributed by atoms with E-state index in [2.05, 4.69) is 10.3 Å². The SMILES string of the molecule is Fc1ccc(Oc2ncccc2OC[C@H]2CCCNC2)cc1F.O=C(O)/C=C/C(=O)O. The van der Waals surface area contributed by atoms with Crippen LogP contribution >= 0.6 is 0 Å². The van der Waals surface area contributed by atoms with Crippen molar-refractivity contribution in [3.05, 3.63) is 60.3 Å². The summed E-state index contributed by atoms with van der Waals surface area (Å²) in [4.78, 5) is 23.2. The number of ether oxygens (including phenoxy) is 2. The van der Waals surface area contributed by atoms with Crippen molar-refractivity contribution in [1.29, 1.82) is 0 Å². The van der Waals surface area contributed by atoms with Gasteiger partial charge in [0.15, 0.2) is 17.4 Å². The fourth-order valence-electron chi connectivity index (χ4n) is 2.63. The summed E-state index contributed by atoms with van der Waals surface area (Å²) in [5.74, 6) is -3.05. The molecule has 2 heterocycles. The van der Waals surface area contributed by atoms with Crippen molar-refractivity contribution in [2.45, 2.75) is 12.8 Å². The van der Waals surface area contributed by atoms with Gasteiger partial charge < -0.3 is 25.0 Å². The fraction of sp³-hybridized carbons (Fsp3) is 0.286. The molecule has 2 aromatic rings. The van der Waals surface area contributed by atoms with Crippen molar-refractivity contribution in [1.82, 2.24) is 10.3 Å². The summed E-state index contributed by atoms with van der Waals surface area (Å²) in [6.07, 6.45) is 4.93. The van der Waals surface area contributed by atoms with E-state index in [0.717, 1.165) is 38.1 Å². The van der Waals surface area contributed by atoms with E-state index in [-0.39, 0.29) is 11.6 Å². The topological polar surface area (TPSA) is 118 Å². The molecule has 0 unspecified atom stereocenters. The van der Waals surface area contributed by atoms with Crippen LogP contribution in [0.3, 0.4) is 0 Å². The number of halogens is 2. The first-order chi connectivity index (χ1) is 14.8. The van der Waals surface area contributed by atoms with Gasteiger partial charge >= 0.3 is 11.9 Å². The third-order valence-electron chi connectivity index (χ3n) is 4.08. The van der Waals surface area contributed by atoms with Gasteiger partial charge in [-0.25, -0.2) is 23.4 Å². The van der Waals surface area contributed by atoms with E-state index >= 15 is 0 Å². The summed E-state index contributed by atoms with van der Waals surface area (Å²) < 4.78 is 37.6. The molecule has 1 aliphatic rings. The molecule has 0 saturated carbocycles. The highest BCUT2D eigenvalue weighted by molar-refractivity contribution is 5.89. The molecule has 1 saturated heterocycles. The van der Waals surface area contributed by atoms with Crippen LogP contribution in [0.5, 0.6) is 17.4 Å². The van der Waals surface area contributed by atoms with Crippen molar-refractivity contribution in [2.75, 3.05) is 19.7 Å². The second kappa shape index (κ2) is 12.2. The molecule has 3 rings (SSSR count). The third-order valence-corrected chi connectivity index (χ3v) is 4.08. The molecule has 1 aromatic heterocycles. The van der Waals surface area contributed by atoms with E-state index in [1.54, 1.807) is 18.3 Å². The normalized spacial score (nSPS) is 15.6. The predicted molar refractivity (Wildman–Crippen MR) is 106 cm³/mol. The Morgan fingerprint density at radius 1 is 1.16 bits per heavy atom. The van der Waals surface area contributed by atoms with Crippen LogP contribution in [0, 0.1) is 17.6 Å². The molecule has 1 aliphatic heterocycles. The largest absolute Gasteiger partial charge is 0.488 e. The minimum Gasteiger partial charge on any atom is -0.488 e. The highest BCUT2D eigenvalue weighted by atomic mass is 19.2. The zero-order valence-electron chi connectivity index (χ0n) is 16.5. The van der Waals surface area contributed by atoms with Crippen LogP contribution in [-0.2, 0) is 9.59 Å². The summed E-state index contributed by atoms with van der Waals surface area (Å²) in [6, 6.07) is 6.84. The number of carbonyl (C=O) groups is 2. The monoisotopic (exact) mass is 436 g/mol. The molecule has 31 heavy (non-hydrogen) atoms. The van der Waals surface area contributed by atoms with Crippen molar-refractivity contribution in [3.63, 3.8) is 0 Å². The molecule has 0 radical (unpaired) electrons. The van der Waals surface area contributed by atoms with Crippen molar-refractivity contribution in [3.8, 4) is 17.4 Å². The van der Waals surface area contributed by atoms with Crippen LogP contribution in [0.2, 0.25) is 0 Å². The molecule has 8 nitrogen and oxygen atoms in total. The lowest BCUT2D eigenvalue weighted by atomic mass is 10.0. The van der Waals surface area contributed by atoms with Gasteiger partial charge in [-0.15, -0.1) is 0 Å². The van der Waals surface area contributed by atoms with Gasteiger partial charge in [0.25, 0.3) is 5.88 Å². The van der Waals surface area contributed by atoms with Crippen molar-refractivity contribution < 1.29 is 38.1 Å². The minimum atomic E-state index is -1.26. The second-order valence-corrected chi connectivity index (χ2v) is 6.52. The van der Waals surface area contributed by atoms with Crippen LogP contribution in [0.1, 0.15) is 12.8 Å². The number of nitrogens with one attached hydrogen (secondary N) is 1. The van der Waals surface area contributed by atoms with E-state index < -0.39 is 23.6 Å². The van der Waals surface area contributed by atoms with Gasteiger partial charge in [0.1, 0.15) is 5.75 Å². The molecule has 0 amide bonds. The third kappa shape index (κ3) is 8.79. The highest BCUT2D eigenvalue weighted by Gasteiger charge is 2.16. The zero-order valence-corrected chi connectivity index (χ0v) is 16.5. The molecule has 10 heteroatoms. The van der Waals surface area contributed by atoms with Crippen LogP contribution in [-0.4, -0.2) is 46.8 Å². The number of rotatable bonds is 7. The molecule has 1 aromatic carbocycles. The maximum Gasteiger partial charge on any atom is 0.328 e. The lowest BCUT2D eigenvalue weighted by molar-refractivity contribution is -0.134. The number of hydrogen-bond acceptors (Lipinski definition) is 6. The van der Waals surface area contributed by atoms with Gasteiger partial charge in [-0.1, -0.05) is 0 Å². The van der Waals surface area contributed by atoms with E-state index in [9.17, 15) is 18.4 Å². The van der Waals surface area contributed by atoms with Crippen LogP contribution in [0.4, 0.5) is 8.78 Å². The first-order valence-electron chi connectivity index (χ1n) is 9.40. The molecule has 0 spiro atoms. The average Bonchev–Trinajstić information content (AvgIpc) is 2.75. The van der Waals surface area contributed by atoms with Gasteiger partial charge in [-0.05, 0) is 43.7 Å². The number of benzene rings is 1. The van der Waals surface area contributed by atoms with E-state index in [4.69, 9.17) is 19.7 Å². The molecule has 3 N–H and O–H groups in total. The number of piperidine rings is 1. The number of pyridine rings is 1. The number of hydrogen-bond donors (Lipinski definition) is 3. The first-order valence-corrected chi connectivity index (χ1v) is 9.40. The molecule has 0 bridgehead atoms. The Labute approximate surface area is 177 Å². The Morgan fingerprint density at radius 2 is 1.90 bits per heavy atom. The Bertz CT molecular complexity index is 900. The van der Waals surface area contributed by atoms with Crippen LogP contribution in [0.25, 0.3) is 0 Å². The second-order valence-electron chi connectivity index (χ2n) is 6.52. The van der Waals surface area contributed by atoms with Crippen LogP contribution < -0.4 is 14.8 Å². The average molecular weight is 436 g/mol. The standard InChI is InChI=1S/C17H18F2N2O2.C4H4O4/c18-14-6-5-13(9-15(14)19)23-17-16(4-2-8-21-17)22-11-12-3-1-7-20-10-12;5-3(6)1-2-4(7)8/h2,4-6,8-9,12,20H,1,3,7,10-11H2;1-2H,(H,5,6)(H,7,8)/b;2-1+/t12-;/m0./s1. The molecule has 0 aliphatic carbocycles. The minimum absolute atomic E-state index is 0.173. The first kappa shape index (κ1) is 23.7. The molecule has 1 fully saturated rings. The van der Waals surface area contributed by atoms with Gasteiger partial charge in [0.05, 0.1) is 6.61 Å². The van der Waals surface area contributed by atoms with Crippen LogP contribution in [0.15, 0.2) is 48.7 Å². The molecular weight excluding hydrogens is 414 g/mol. The maximum absolute atomic E-state index is 13.3. The summed E-state index contributed by atoms with van der Waals surface area (Å²) in [5, 5.41) is 19.0. The molecular formula is C21H22F2N2O6. The van der Waals surface area contributed by atoms with Gasteiger partial charge in [-0.2, -0.15) is 0 Å². The lowest BCUT2D eigenvalue weighted by Gasteiger charge is -2.23. The quantitative estimate of drug-likeness (QED) is 0.566. The summed E-state index contributed by atoms with van der Waals surface area (Å²) in [5.41, 5.74) is 0. The maximum atomic E-state index is 13.3. The summed E-state index contributed by atoms with van der Waals surface area (Å²) >= 11 is 0. The lowest BCUT2D eigenvalue weighted by Crippen LogP contribution is -2.33. The van der Waals surface area contributed by atoms with E-state index in [1.165, 1.54) is 6.07 Å². The number of carboxylic acids is 2. The zero-order chi connectivity index (χ0) is 22.6. The summed E-state index contributed by atoms with van der Waals surface area (Å²) in [7, 11) is 0. The fourth-order valence-corrected chi connectivity index (χ4v) is 2.63. The smallest absolute Gasteiger partial charge is 0.328 e. The number of aromatic nitrogens is 1. The Balaban J connectivity index is 0.000000366. The Hall–Kier alpha value is -3.53. The van der Waals surface area contributed by atoms with E-state index in [1.807, 2.05) is 0 Å². The Kier molecular flexibility index (Phi) is 9.37. The van der Waals surface area contributed by atoms with Crippen molar-refractivity contribution >= 4 is 11.9 Å².